The maximum absolute atomic E-state index is 13.5. The second kappa shape index (κ2) is 5.67. The van der Waals surface area contributed by atoms with Crippen molar-refractivity contribution in [3.63, 3.8) is 0 Å². The lowest BCUT2D eigenvalue weighted by Crippen LogP contribution is -2.06. The number of pyridine rings is 1. The van der Waals surface area contributed by atoms with E-state index in [2.05, 4.69) is 42.2 Å². The molecule has 0 spiro atoms. The zero-order valence-electron chi connectivity index (χ0n) is 9.25. The van der Waals surface area contributed by atoms with E-state index in [-0.39, 0.29) is 5.82 Å². The molecule has 3 N–H and O–H groups in total. The van der Waals surface area contributed by atoms with Crippen molar-refractivity contribution in [2.75, 3.05) is 11.1 Å². The van der Waals surface area contributed by atoms with Gasteiger partial charge in [-0.2, -0.15) is 0 Å². The van der Waals surface area contributed by atoms with E-state index in [0.29, 0.717) is 23.6 Å². The van der Waals surface area contributed by atoms with Crippen LogP contribution in [0.3, 0.4) is 0 Å². The molecule has 94 valence electrons. The number of nitrogens with zero attached hydrogens (tertiary/aromatic N) is 1. The van der Waals surface area contributed by atoms with Crippen LogP contribution in [-0.4, -0.2) is 4.98 Å². The van der Waals surface area contributed by atoms with Gasteiger partial charge in [-0.15, -0.1) is 0 Å². The van der Waals surface area contributed by atoms with Crippen LogP contribution in [-0.2, 0) is 6.54 Å². The summed E-state index contributed by atoms with van der Waals surface area (Å²) < 4.78 is 15.2. The molecule has 0 saturated carbocycles. The van der Waals surface area contributed by atoms with Gasteiger partial charge in [0.15, 0.2) is 0 Å². The molecule has 0 aliphatic heterocycles. The lowest BCUT2D eigenvalue weighted by molar-refractivity contribution is 0.612. The Kier molecular flexibility index (Phi) is 4.19. The van der Waals surface area contributed by atoms with Crippen LogP contribution in [0.25, 0.3) is 0 Å². The first-order valence-corrected chi connectivity index (χ1v) is 6.73. The number of rotatable bonds is 3. The Hall–Kier alpha value is -1.14. The molecule has 0 saturated heterocycles. The number of benzene rings is 1. The van der Waals surface area contributed by atoms with E-state index in [4.69, 9.17) is 5.73 Å². The lowest BCUT2D eigenvalue weighted by atomic mass is 10.2. The monoisotopic (exact) mass is 373 g/mol. The molecule has 0 aliphatic rings. The SMILES string of the molecule is Nc1cc(Br)cnc1NCc1cc(Br)ccc1F. The molecular weight excluding hydrogens is 365 g/mol. The molecule has 0 atom stereocenters. The van der Waals surface area contributed by atoms with Gasteiger partial charge in [-0.05, 0) is 40.2 Å². The number of anilines is 2. The molecule has 0 amide bonds. The summed E-state index contributed by atoms with van der Waals surface area (Å²) in [5, 5.41) is 3.01. The summed E-state index contributed by atoms with van der Waals surface area (Å²) in [7, 11) is 0. The first kappa shape index (κ1) is 13.3. The van der Waals surface area contributed by atoms with Gasteiger partial charge in [-0.25, -0.2) is 9.37 Å². The highest BCUT2D eigenvalue weighted by atomic mass is 79.9. The van der Waals surface area contributed by atoms with Gasteiger partial charge >= 0.3 is 0 Å². The summed E-state index contributed by atoms with van der Waals surface area (Å²) in [6, 6.07) is 6.54. The predicted molar refractivity (Wildman–Crippen MR) is 77.8 cm³/mol. The van der Waals surface area contributed by atoms with Crippen LogP contribution in [0.5, 0.6) is 0 Å². The van der Waals surface area contributed by atoms with Crippen LogP contribution < -0.4 is 11.1 Å². The normalized spacial score (nSPS) is 10.4. The van der Waals surface area contributed by atoms with E-state index in [1.807, 2.05) is 0 Å². The Morgan fingerprint density at radius 3 is 2.72 bits per heavy atom. The fraction of sp³-hybridized carbons (Fsp3) is 0.0833. The molecular formula is C12H10Br2FN3. The molecule has 2 rings (SSSR count). The summed E-state index contributed by atoms with van der Waals surface area (Å²) in [5.41, 5.74) is 6.86. The second-order valence-electron chi connectivity index (χ2n) is 3.68. The highest BCUT2D eigenvalue weighted by molar-refractivity contribution is 9.10. The summed E-state index contributed by atoms with van der Waals surface area (Å²) in [6.07, 6.45) is 1.63. The summed E-state index contributed by atoms with van der Waals surface area (Å²) in [5.74, 6) is 0.277. The fourth-order valence-electron chi connectivity index (χ4n) is 1.46. The van der Waals surface area contributed by atoms with Crippen molar-refractivity contribution in [2.24, 2.45) is 0 Å². The van der Waals surface area contributed by atoms with Crippen molar-refractivity contribution in [3.05, 3.63) is 50.8 Å². The zero-order valence-corrected chi connectivity index (χ0v) is 12.4. The number of halogens is 3. The number of nitrogens with one attached hydrogen (secondary N) is 1. The molecule has 0 aliphatic carbocycles. The molecule has 1 heterocycles. The van der Waals surface area contributed by atoms with Crippen LogP contribution in [0.1, 0.15) is 5.56 Å². The van der Waals surface area contributed by atoms with Crippen molar-refractivity contribution in [3.8, 4) is 0 Å². The minimum atomic E-state index is -0.263. The van der Waals surface area contributed by atoms with E-state index >= 15 is 0 Å². The Balaban J connectivity index is 2.13. The quantitative estimate of drug-likeness (QED) is 0.855. The predicted octanol–water partition coefficient (Wildman–Crippen LogP) is 3.94. The van der Waals surface area contributed by atoms with Crippen molar-refractivity contribution in [1.82, 2.24) is 4.98 Å². The molecule has 2 aromatic rings. The fourth-order valence-corrected chi connectivity index (χ4v) is 2.22. The molecule has 1 aromatic heterocycles. The van der Waals surface area contributed by atoms with Crippen LogP contribution in [0.4, 0.5) is 15.9 Å². The highest BCUT2D eigenvalue weighted by Crippen LogP contribution is 2.21. The molecule has 0 fully saturated rings. The van der Waals surface area contributed by atoms with Gasteiger partial charge in [-0.1, -0.05) is 15.9 Å². The third-order valence-corrected chi connectivity index (χ3v) is 3.26. The Morgan fingerprint density at radius 2 is 2.00 bits per heavy atom. The van der Waals surface area contributed by atoms with Crippen LogP contribution in [0, 0.1) is 5.82 Å². The minimum Gasteiger partial charge on any atom is -0.396 e. The molecule has 0 radical (unpaired) electrons. The van der Waals surface area contributed by atoms with Crippen LogP contribution >= 0.6 is 31.9 Å². The third kappa shape index (κ3) is 3.20. The van der Waals surface area contributed by atoms with Gasteiger partial charge in [0.2, 0.25) is 0 Å². The standard InChI is InChI=1S/C12H10Br2FN3/c13-8-1-2-10(15)7(3-8)5-17-12-11(16)4-9(14)6-18-12/h1-4,6H,5,16H2,(H,17,18). The van der Waals surface area contributed by atoms with Gasteiger partial charge < -0.3 is 11.1 Å². The number of hydrogen-bond acceptors (Lipinski definition) is 3. The highest BCUT2D eigenvalue weighted by Gasteiger charge is 2.05. The van der Waals surface area contributed by atoms with Crippen molar-refractivity contribution < 1.29 is 4.39 Å². The maximum atomic E-state index is 13.5. The molecule has 1 aromatic carbocycles. The first-order valence-electron chi connectivity index (χ1n) is 5.15. The van der Waals surface area contributed by atoms with Crippen molar-refractivity contribution >= 4 is 43.4 Å². The zero-order chi connectivity index (χ0) is 13.1. The smallest absolute Gasteiger partial charge is 0.149 e. The van der Waals surface area contributed by atoms with E-state index in [1.54, 1.807) is 24.4 Å². The van der Waals surface area contributed by atoms with Crippen LogP contribution in [0.2, 0.25) is 0 Å². The van der Waals surface area contributed by atoms with E-state index < -0.39 is 0 Å². The minimum absolute atomic E-state index is 0.263. The van der Waals surface area contributed by atoms with Gasteiger partial charge in [-0.3, -0.25) is 0 Å². The largest absolute Gasteiger partial charge is 0.396 e. The van der Waals surface area contributed by atoms with Crippen molar-refractivity contribution in [1.29, 1.82) is 0 Å². The number of nitrogens with two attached hydrogens (primary N) is 1. The number of nitrogen functional groups attached to an aromatic ring is 1. The van der Waals surface area contributed by atoms with Gasteiger partial charge in [0, 0.05) is 27.3 Å². The summed E-state index contributed by atoms with van der Waals surface area (Å²) in [4.78, 5) is 4.13. The molecule has 6 heteroatoms. The van der Waals surface area contributed by atoms with Crippen molar-refractivity contribution in [2.45, 2.75) is 6.54 Å². The summed E-state index contributed by atoms with van der Waals surface area (Å²) >= 11 is 6.58. The third-order valence-electron chi connectivity index (χ3n) is 2.34. The van der Waals surface area contributed by atoms with E-state index in [1.165, 1.54) is 6.07 Å². The molecule has 3 nitrogen and oxygen atoms in total. The van der Waals surface area contributed by atoms with Gasteiger partial charge in [0.1, 0.15) is 11.6 Å². The molecule has 0 bridgehead atoms. The maximum Gasteiger partial charge on any atom is 0.149 e. The van der Waals surface area contributed by atoms with E-state index in [9.17, 15) is 4.39 Å². The number of aromatic nitrogens is 1. The van der Waals surface area contributed by atoms with Gasteiger partial charge in [0.05, 0.1) is 5.69 Å². The average Bonchev–Trinajstić information content (AvgIpc) is 2.32. The Morgan fingerprint density at radius 1 is 1.22 bits per heavy atom. The van der Waals surface area contributed by atoms with Crippen LogP contribution in [0.15, 0.2) is 39.4 Å². The average molecular weight is 375 g/mol. The molecule has 0 unspecified atom stereocenters. The first-order chi connectivity index (χ1) is 8.56. The number of hydrogen-bond donors (Lipinski definition) is 2. The second-order valence-corrected chi connectivity index (χ2v) is 5.51. The Labute approximate surface area is 121 Å². The lowest BCUT2D eigenvalue weighted by Gasteiger charge is -2.09. The topological polar surface area (TPSA) is 50.9 Å². The summed E-state index contributed by atoms with van der Waals surface area (Å²) in [6.45, 7) is 0.324. The van der Waals surface area contributed by atoms with E-state index in [0.717, 1.165) is 8.95 Å². The molecule has 18 heavy (non-hydrogen) atoms. The Bertz CT molecular complexity index is 575. The van der Waals surface area contributed by atoms with Gasteiger partial charge in [0.25, 0.3) is 0 Å².